The van der Waals surface area contributed by atoms with Gasteiger partial charge in [0.25, 0.3) is 0 Å². The molecular formula is C90H55B2N5OTe3. The van der Waals surface area contributed by atoms with Crippen LogP contribution in [-0.4, -0.2) is 74.7 Å². The molecule has 0 spiro atoms. The number of para-hydroxylation sites is 6. The van der Waals surface area contributed by atoms with Crippen molar-refractivity contribution in [3.05, 3.63) is 334 Å². The Kier molecular flexibility index (Phi) is 13.3. The molecule has 18 aromatic rings. The van der Waals surface area contributed by atoms with Crippen LogP contribution in [-0.2, 0) is 0 Å². The maximum atomic E-state index is 7.95. The van der Waals surface area contributed by atoms with Crippen molar-refractivity contribution >= 4 is 246 Å². The smallest absolute Gasteiger partial charge is 0.0380 e. The second-order valence-electron chi connectivity index (χ2n) is 26.6. The van der Waals surface area contributed by atoms with E-state index in [1.807, 2.05) is 0 Å². The van der Waals surface area contributed by atoms with Gasteiger partial charge < -0.3 is 0 Å². The Bertz CT molecular complexity index is 6420. The van der Waals surface area contributed by atoms with E-state index in [2.05, 4.69) is 358 Å². The predicted octanol–water partition coefficient (Wildman–Crippen LogP) is 19.2. The SMILES string of the molecule is c1ccc(N(c2ccccc2)c2cc3c4c(c2)N(c2ccccc2)c2ccccc2B4c2cc4c(cc2O3)N(c2cccc3c2[te]c2ccccc23)c2cc(N(c3ccccc3)c3cccc5c3[te]c3ccccc35)cc3c2B4c2ccccc2N3c2cccc3c2[te]c2ccccc23)cc1. The molecule has 0 unspecified atom stereocenters. The molecule has 0 aliphatic carbocycles. The van der Waals surface area contributed by atoms with Gasteiger partial charge in [0, 0.05) is 0 Å². The molecule has 15 aromatic carbocycles. The third-order valence-corrected chi connectivity index (χ3v) is 31.5. The van der Waals surface area contributed by atoms with Gasteiger partial charge in [-0.15, -0.1) is 0 Å². The molecule has 22 rings (SSSR count). The molecule has 6 nitrogen and oxygen atoms in total. The Morgan fingerprint density at radius 1 is 0.248 bits per heavy atom. The van der Waals surface area contributed by atoms with Gasteiger partial charge in [0.2, 0.25) is 0 Å². The Hall–Kier alpha value is -10.4. The fourth-order valence-corrected chi connectivity index (χ4v) is 27.4. The molecule has 3 aromatic heterocycles. The van der Waals surface area contributed by atoms with Gasteiger partial charge in [-0.2, -0.15) is 0 Å². The number of ether oxygens (including phenoxy) is 1. The number of rotatable bonds is 9. The van der Waals surface area contributed by atoms with Gasteiger partial charge in [-0.05, 0) is 36.4 Å². The zero-order valence-electron chi connectivity index (χ0n) is 54.3. The van der Waals surface area contributed by atoms with Crippen molar-refractivity contribution in [1.82, 2.24) is 0 Å². The van der Waals surface area contributed by atoms with E-state index in [4.69, 9.17) is 4.74 Å². The van der Waals surface area contributed by atoms with Gasteiger partial charge in [0.05, 0.1) is 0 Å². The maximum absolute atomic E-state index is 7.95. The fraction of sp³-hybridized carbons (Fsp3) is 0. The van der Waals surface area contributed by atoms with E-state index in [-0.39, 0.29) is 13.4 Å². The van der Waals surface area contributed by atoms with Crippen LogP contribution >= 0.6 is 0 Å². The molecule has 4 aliphatic rings. The molecule has 0 bridgehead atoms. The van der Waals surface area contributed by atoms with Gasteiger partial charge >= 0.3 is 529 Å². The third kappa shape index (κ3) is 8.86. The summed E-state index contributed by atoms with van der Waals surface area (Å²) < 4.78 is 16.8. The average molecular weight is 1630 g/mol. The number of anilines is 15. The number of benzene rings is 15. The van der Waals surface area contributed by atoms with E-state index in [0.717, 1.165) is 73.6 Å². The van der Waals surface area contributed by atoms with E-state index in [1.54, 1.807) is 0 Å². The summed E-state index contributed by atoms with van der Waals surface area (Å²) in [5, 5.41) is 8.16. The Morgan fingerprint density at radius 2 is 0.653 bits per heavy atom. The number of fused-ring (bicyclic) bond motifs is 17. The zero-order chi connectivity index (χ0) is 66.0. The maximum Gasteiger partial charge on any atom is -0.0380 e. The summed E-state index contributed by atoms with van der Waals surface area (Å²) in [4.78, 5) is 12.9. The minimum atomic E-state index is -0.881. The average Bonchev–Trinajstić information content (AvgIpc) is 0.992. The van der Waals surface area contributed by atoms with Gasteiger partial charge in [0.15, 0.2) is 0 Å². The summed E-state index contributed by atoms with van der Waals surface area (Å²) >= 11 is -2.46. The molecule has 470 valence electrons. The molecule has 0 amide bonds. The Morgan fingerprint density at radius 3 is 1.22 bits per heavy atom. The summed E-state index contributed by atoms with van der Waals surface area (Å²) in [5.74, 6) is 1.71. The van der Waals surface area contributed by atoms with E-state index in [9.17, 15) is 0 Å². The van der Waals surface area contributed by atoms with Crippen LogP contribution in [0.3, 0.4) is 0 Å². The number of hydrogen-bond donors (Lipinski definition) is 0. The molecule has 101 heavy (non-hydrogen) atoms. The van der Waals surface area contributed by atoms with E-state index < -0.39 is 61.3 Å². The largest absolute Gasteiger partial charge is 0.0602 e. The molecule has 0 atom stereocenters. The van der Waals surface area contributed by atoms with E-state index in [1.165, 1.54) is 109 Å². The summed E-state index contributed by atoms with van der Waals surface area (Å²) in [6.45, 7) is -0.370. The van der Waals surface area contributed by atoms with Crippen LogP contribution in [0.25, 0.3) is 52.7 Å². The van der Waals surface area contributed by atoms with Crippen molar-refractivity contribution in [3.8, 4) is 11.5 Å². The zero-order valence-corrected chi connectivity index (χ0v) is 61.3. The summed E-state index contributed by atoms with van der Waals surface area (Å²) in [6, 6.07) is 126. The molecule has 0 saturated carbocycles. The monoisotopic (exact) mass is 1630 g/mol. The van der Waals surface area contributed by atoms with Crippen molar-refractivity contribution in [3.63, 3.8) is 0 Å². The predicted molar refractivity (Wildman–Crippen MR) is 432 cm³/mol. The normalized spacial score (nSPS) is 13.1. The first-order valence-corrected chi connectivity index (χ1v) is 41.4. The number of hydrogen-bond acceptors (Lipinski definition) is 6. The third-order valence-electron chi connectivity index (χ3n) is 21.2. The second-order valence-corrected chi connectivity index (χ2v) is 35.6. The summed E-state index contributed by atoms with van der Waals surface area (Å²) in [7, 11) is 0. The van der Waals surface area contributed by atoms with Crippen molar-refractivity contribution in [2.45, 2.75) is 0 Å². The summed E-state index contributed by atoms with van der Waals surface area (Å²) in [5.41, 5.74) is 24.6. The first kappa shape index (κ1) is 58.4. The molecular weight excluding hydrogens is 1570 g/mol. The second kappa shape index (κ2) is 23.1. The molecule has 0 saturated heterocycles. The molecule has 0 N–H and O–H groups in total. The van der Waals surface area contributed by atoms with Crippen LogP contribution in [0.15, 0.2) is 334 Å². The van der Waals surface area contributed by atoms with Gasteiger partial charge in [-0.25, -0.2) is 0 Å². The molecule has 11 heteroatoms. The van der Waals surface area contributed by atoms with E-state index >= 15 is 0 Å². The van der Waals surface area contributed by atoms with Crippen molar-refractivity contribution < 1.29 is 4.74 Å². The van der Waals surface area contributed by atoms with Crippen LogP contribution in [0.4, 0.5) is 85.3 Å². The standard InChI is InChI=1S/C90H55B2N5OTe3/c1-5-26-56(27-6-1)93(57-28-7-2-8-29-57)61-52-80-87-82(53-61)98-81-55-77-70(54-71(81)92(87)68-40-16-18-42-72(68)95(80)59-32-11-4-12-33-59)91-69-41-17-19-43-73(69)96(75-45-24-38-66-63-35-14-21-48-84(63)100-89(66)75)78-50-60(51-79(86(78)91)97(77)76-46-25-39-67-64-36-15-22-49-85(64)101-90(67)76)94(58-30-9-3-10-31-58)74-44-23-37-65-62-34-13-20-47-83(62)99-88(65)74/h1-55H. The molecule has 0 radical (unpaired) electrons. The van der Waals surface area contributed by atoms with Gasteiger partial charge in [-0.3, -0.25) is 0 Å². The quantitative estimate of drug-likeness (QED) is 0.134. The first-order chi connectivity index (χ1) is 50.1. The fourth-order valence-electron chi connectivity index (χ4n) is 17.1. The van der Waals surface area contributed by atoms with Crippen molar-refractivity contribution in [2.24, 2.45) is 0 Å². The number of nitrogens with zero attached hydrogens (tertiary/aromatic N) is 5. The van der Waals surface area contributed by atoms with Gasteiger partial charge in [0.1, 0.15) is 0 Å². The minimum Gasteiger partial charge on any atom is -0.0602 e. The van der Waals surface area contributed by atoms with Crippen molar-refractivity contribution in [2.75, 3.05) is 24.5 Å². The minimum absolute atomic E-state index is 0.185. The van der Waals surface area contributed by atoms with Crippen LogP contribution in [0.1, 0.15) is 0 Å². The molecule has 0 fully saturated rings. The molecule has 7 heterocycles. The van der Waals surface area contributed by atoms with Crippen molar-refractivity contribution in [1.29, 1.82) is 0 Å². The molecule has 4 aliphatic heterocycles. The van der Waals surface area contributed by atoms with Crippen LogP contribution < -0.4 is 62.0 Å². The van der Waals surface area contributed by atoms with Crippen LogP contribution in [0.5, 0.6) is 11.5 Å². The topological polar surface area (TPSA) is 25.4 Å². The Labute approximate surface area is 614 Å². The Balaban J connectivity index is 0.861. The van der Waals surface area contributed by atoms with Gasteiger partial charge in [-0.1, -0.05) is 54.6 Å². The van der Waals surface area contributed by atoms with Crippen LogP contribution in [0, 0.1) is 0 Å². The van der Waals surface area contributed by atoms with Crippen LogP contribution in [0.2, 0.25) is 0 Å². The first-order valence-electron chi connectivity index (χ1n) is 34.4. The van der Waals surface area contributed by atoms with E-state index in [0.29, 0.717) is 0 Å². The summed E-state index contributed by atoms with van der Waals surface area (Å²) in [6.07, 6.45) is 0.